The lowest BCUT2D eigenvalue weighted by atomic mass is 9.92. The van der Waals surface area contributed by atoms with Crippen LogP contribution in [0.15, 0.2) is 0 Å². The number of aliphatic carboxylic acids is 1. The predicted octanol–water partition coefficient (Wildman–Crippen LogP) is -0.661. The van der Waals surface area contributed by atoms with Crippen LogP contribution in [0, 0.1) is 5.92 Å². The van der Waals surface area contributed by atoms with Gasteiger partial charge in [-0.15, -0.1) is 0 Å². The summed E-state index contributed by atoms with van der Waals surface area (Å²) < 4.78 is 0. The van der Waals surface area contributed by atoms with E-state index in [0.29, 0.717) is 19.4 Å². The van der Waals surface area contributed by atoms with Gasteiger partial charge < -0.3 is 5.11 Å². The molecule has 2 amide bonds. The van der Waals surface area contributed by atoms with Crippen LogP contribution >= 0.6 is 0 Å². The number of nitrogens with zero attached hydrogens (tertiary/aromatic N) is 1. The predicted molar refractivity (Wildman–Crippen MR) is 63.4 cm³/mol. The summed E-state index contributed by atoms with van der Waals surface area (Å²) in [6.45, 7) is 3.95. The maximum Gasteiger partial charge on any atom is 0.306 e. The van der Waals surface area contributed by atoms with E-state index in [2.05, 4.69) is 10.9 Å². The van der Waals surface area contributed by atoms with E-state index < -0.39 is 5.97 Å². The molecular weight excluding hydrogens is 238 g/mol. The Balaban J connectivity index is 2.38. The number of piperidine rings is 1. The molecule has 0 aromatic rings. The number of rotatable bonds is 3. The molecule has 0 bridgehead atoms. The lowest BCUT2D eigenvalue weighted by molar-refractivity contribution is -0.144. The molecule has 1 heterocycles. The minimum atomic E-state index is -0.774. The third-order valence-electron chi connectivity index (χ3n) is 3.09. The molecule has 3 N–H and O–H groups in total. The second-order valence-electron chi connectivity index (χ2n) is 4.61. The lowest BCUT2D eigenvalue weighted by Crippen LogP contribution is -2.50. The Morgan fingerprint density at radius 2 is 2.00 bits per heavy atom. The van der Waals surface area contributed by atoms with Crippen molar-refractivity contribution in [1.29, 1.82) is 0 Å². The monoisotopic (exact) mass is 257 g/mol. The highest BCUT2D eigenvalue weighted by molar-refractivity contribution is 5.82. The first-order chi connectivity index (χ1) is 8.40. The van der Waals surface area contributed by atoms with Gasteiger partial charge in [0.2, 0.25) is 5.91 Å². The molecule has 0 aliphatic carbocycles. The Hall–Kier alpha value is -1.63. The molecule has 2 atom stereocenters. The number of carbonyl (C=O) groups is 3. The van der Waals surface area contributed by atoms with Crippen molar-refractivity contribution in [2.24, 2.45) is 5.92 Å². The van der Waals surface area contributed by atoms with Crippen LogP contribution in [0.3, 0.4) is 0 Å². The van der Waals surface area contributed by atoms with Gasteiger partial charge in [0.1, 0.15) is 0 Å². The number of amides is 2. The Kier molecular flexibility index (Phi) is 5.08. The zero-order chi connectivity index (χ0) is 13.7. The van der Waals surface area contributed by atoms with Crippen molar-refractivity contribution in [1.82, 2.24) is 15.8 Å². The summed E-state index contributed by atoms with van der Waals surface area (Å²) in [5.74, 6) is -1.73. The van der Waals surface area contributed by atoms with Crippen LogP contribution in [-0.2, 0) is 14.4 Å². The molecular formula is C11H19N3O4. The van der Waals surface area contributed by atoms with Gasteiger partial charge in [0.15, 0.2) is 0 Å². The van der Waals surface area contributed by atoms with Crippen molar-refractivity contribution in [3.8, 4) is 0 Å². The average molecular weight is 257 g/mol. The number of nitrogens with one attached hydrogen (secondary N) is 2. The van der Waals surface area contributed by atoms with Crippen molar-refractivity contribution < 1.29 is 19.5 Å². The minimum Gasteiger partial charge on any atom is -0.481 e. The average Bonchev–Trinajstić information content (AvgIpc) is 2.29. The first-order valence-electron chi connectivity index (χ1n) is 5.92. The fourth-order valence-corrected chi connectivity index (χ4v) is 2.06. The fraction of sp³-hybridized carbons (Fsp3) is 0.727. The van der Waals surface area contributed by atoms with Crippen LogP contribution in [-0.4, -0.2) is 46.9 Å². The Bertz CT molecular complexity index is 345. The summed E-state index contributed by atoms with van der Waals surface area (Å²) in [6.07, 6.45) is 1.09. The van der Waals surface area contributed by atoms with E-state index in [4.69, 9.17) is 5.11 Å². The Morgan fingerprint density at radius 3 is 2.50 bits per heavy atom. The van der Waals surface area contributed by atoms with E-state index in [1.165, 1.54) is 6.92 Å². The molecule has 7 heteroatoms. The van der Waals surface area contributed by atoms with Gasteiger partial charge in [-0.05, 0) is 26.3 Å². The van der Waals surface area contributed by atoms with Crippen LogP contribution in [0.4, 0.5) is 0 Å². The third-order valence-corrected chi connectivity index (χ3v) is 3.09. The molecule has 0 saturated carbocycles. The molecule has 0 spiro atoms. The molecule has 18 heavy (non-hydrogen) atoms. The summed E-state index contributed by atoms with van der Waals surface area (Å²) in [5, 5.41) is 8.92. The molecule has 1 fully saturated rings. The first-order valence-corrected chi connectivity index (χ1v) is 5.92. The first kappa shape index (κ1) is 14.4. The number of hydrogen-bond donors (Lipinski definition) is 3. The molecule has 2 unspecified atom stereocenters. The van der Waals surface area contributed by atoms with E-state index in [0.717, 1.165) is 0 Å². The SMILES string of the molecule is CC(=O)NNC(=O)CN1CCC(C(=O)O)CC1C. The highest BCUT2D eigenvalue weighted by Crippen LogP contribution is 2.22. The van der Waals surface area contributed by atoms with E-state index in [1.54, 1.807) is 0 Å². The highest BCUT2D eigenvalue weighted by atomic mass is 16.4. The van der Waals surface area contributed by atoms with Crippen molar-refractivity contribution in [2.45, 2.75) is 32.7 Å². The largest absolute Gasteiger partial charge is 0.481 e. The van der Waals surface area contributed by atoms with Crippen LogP contribution in [0.1, 0.15) is 26.7 Å². The number of hydrogen-bond acceptors (Lipinski definition) is 4. The van der Waals surface area contributed by atoms with Gasteiger partial charge in [0.05, 0.1) is 12.5 Å². The maximum absolute atomic E-state index is 11.5. The van der Waals surface area contributed by atoms with E-state index in [1.807, 2.05) is 11.8 Å². The molecule has 1 aliphatic heterocycles. The summed E-state index contributed by atoms with van der Waals surface area (Å²) in [6, 6.07) is 0.0444. The van der Waals surface area contributed by atoms with Gasteiger partial charge in [-0.25, -0.2) is 0 Å². The summed E-state index contributed by atoms with van der Waals surface area (Å²) in [4.78, 5) is 34.9. The molecule has 1 rings (SSSR count). The lowest BCUT2D eigenvalue weighted by Gasteiger charge is -2.35. The number of carboxylic acids is 1. The smallest absolute Gasteiger partial charge is 0.306 e. The van der Waals surface area contributed by atoms with E-state index in [9.17, 15) is 14.4 Å². The van der Waals surface area contributed by atoms with Crippen molar-refractivity contribution in [2.75, 3.05) is 13.1 Å². The number of carboxylic acid groups (broad SMARTS) is 1. The van der Waals surface area contributed by atoms with Crippen molar-refractivity contribution in [3.05, 3.63) is 0 Å². The van der Waals surface area contributed by atoms with Crippen molar-refractivity contribution in [3.63, 3.8) is 0 Å². The Labute approximate surface area is 105 Å². The Morgan fingerprint density at radius 1 is 1.33 bits per heavy atom. The van der Waals surface area contributed by atoms with Gasteiger partial charge in [0.25, 0.3) is 5.91 Å². The molecule has 1 saturated heterocycles. The van der Waals surface area contributed by atoms with Crippen molar-refractivity contribution >= 4 is 17.8 Å². The quantitative estimate of drug-likeness (QED) is 0.583. The number of carbonyl (C=O) groups excluding carboxylic acids is 2. The molecule has 102 valence electrons. The zero-order valence-corrected chi connectivity index (χ0v) is 10.6. The maximum atomic E-state index is 11.5. The van der Waals surface area contributed by atoms with E-state index in [-0.39, 0.29) is 30.3 Å². The van der Waals surface area contributed by atoms with Gasteiger partial charge in [-0.3, -0.25) is 30.1 Å². The fourth-order valence-electron chi connectivity index (χ4n) is 2.06. The van der Waals surface area contributed by atoms with Gasteiger partial charge in [-0.2, -0.15) is 0 Å². The van der Waals surface area contributed by atoms with Gasteiger partial charge in [0, 0.05) is 13.0 Å². The summed E-state index contributed by atoms with van der Waals surface area (Å²) in [5.41, 5.74) is 4.50. The summed E-state index contributed by atoms with van der Waals surface area (Å²) in [7, 11) is 0. The molecule has 7 nitrogen and oxygen atoms in total. The minimum absolute atomic E-state index is 0.0444. The third kappa shape index (κ3) is 4.33. The zero-order valence-electron chi connectivity index (χ0n) is 10.6. The van der Waals surface area contributed by atoms with Crippen LogP contribution in [0.2, 0.25) is 0 Å². The molecule has 0 aromatic carbocycles. The van der Waals surface area contributed by atoms with E-state index >= 15 is 0 Å². The topological polar surface area (TPSA) is 98.7 Å². The van der Waals surface area contributed by atoms with Crippen LogP contribution < -0.4 is 10.9 Å². The summed E-state index contributed by atoms with van der Waals surface area (Å²) >= 11 is 0. The number of hydrazine groups is 1. The molecule has 0 aromatic heterocycles. The van der Waals surface area contributed by atoms with Crippen LogP contribution in [0.25, 0.3) is 0 Å². The standard InChI is InChI=1S/C11H19N3O4/c1-7-5-9(11(17)18)3-4-14(7)6-10(16)13-12-8(2)15/h7,9H,3-6H2,1-2H3,(H,12,15)(H,13,16)(H,17,18). The second kappa shape index (κ2) is 6.34. The highest BCUT2D eigenvalue weighted by Gasteiger charge is 2.30. The number of likely N-dealkylation sites (tertiary alicyclic amines) is 1. The van der Waals surface area contributed by atoms with Gasteiger partial charge in [-0.1, -0.05) is 0 Å². The molecule has 1 aliphatic rings. The normalized spacial score (nSPS) is 24.3. The second-order valence-corrected chi connectivity index (χ2v) is 4.61. The molecule has 0 radical (unpaired) electrons. The van der Waals surface area contributed by atoms with Crippen LogP contribution in [0.5, 0.6) is 0 Å². The van der Waals surface area contributed by atoms with Gasteiger partial charge >= 0.3 is 5.97 Å².